The van der Waals surface area contributed by atoms with Crippen molar-refractivity contribution in [1.29, 1.82) is 0 Å². The Morgan fingerprint density at radius 2 is 2.23 bits per heavy atom. The first-order valence-corrected chi connectivity index (χ1v) is 5.96. The maximum absolute atomic E-state index is 11.3. The molecule has 0 fully saturated rings. The Hall–Kier alpha value is 0.140. The number of hydrogen-bond acceptors (Lipinski definition) is 1. The van der Waals surface area contributed by atoms with Crippen LogP contribution in [0.15, 0.2) is 9.66 Å². The van der Waals surface area contributed by atoms with Gasteiger partial charge in [0, 0.05) is 6.42 Å². The molecule has 0 aromatic rings. The van der Waals surface area contributed by atoms with Crippen LogP contribution in [0.25, 0.3) is 0 Å². The van der Waals surface area contributed by atoms with Gasteiger partial charge in [0.1, 0.15) is 0 Å². The van der Waals surface area contributed by atoms with E-state index in [1.54, 1.807) is 0 Å². The van der Waals surface area contributed by atoms with E-state index in [2.05, 4.69) is 49.4 Å². The summed E-state index contributed by atoms with van der Waals surface area (Å²) in [6, 6.07) is 0. The van der Waals surface area contributed by atoms with Gasteiger partial charge in [-0.3, -0.25) is 4.79 Å². The minimum atomic E-state index is 0.323. The van der Waals surface area contributed by atoms with E-state index in [1.807, 2.05) is 0 Å². The molecule has 0 bridgehead atoms. The summed E-state index contributed by atoms with van der Waals surface area (Å²) >= 11 is 2.17. The third-order valence-corrected chi connectivity index (χ3v) is 4.17. The quantitative estimate of drug-likeness (QED) is 0.709. The molecule has 0 aliphatic heterocycles. The van der Waals surface area contributed by atoms with Crippen molar-refractivity contribution in [3.8, 4) is 0 Å². The molecule has 1 aliphatic rings. The van der Waals surface area contributed by atoms with Gasteiger partial charge in [0.25, 0.3) is 0 Å². The van der Waals surface area contributed by atoms with Gasteiger partial charge in [-0.05, 0) is 40.3 Å². The Balaban J connectivity index is 2.80. The zero-order valence-electron chi connectivity index (χ0n) is 8.56. The molecular formula is C11H17IO. The Morgan fingerprint density at radius 1 is 1.62 bits per heavy atom. The fraction of sp³-hybridized carbons (Fsp3) is 0.727. The Labute approximate surface area is 94.1 Å². The number of ketones is 1. The van der Waals surface area contributed by atoms with Gasteiger partial charge in [-0.1, -0.05) is 33.3 Å². The first-order valence-electron chi connectivity index (χ1n) is 4.88. The van der Waals surface area contributed by atoms with Crippen molar-refractivity contribution in [3.63, 3.8) is 0 Å². The molecule has 0 heterocycles. The molecule has 0 N–H and O–H groups in total. The highest BCUT2D eigenvalue weighted by atomic mass is 127. The van der Waals surface area contributed by atoms with Crippen LogP contribution in [0.3, 0.4) is 0 Å². The first kappa shape index (κ1) is 11.2. The average molecular weight is 292 g/mol. The van der Waals surface area contributed by atoms with Gasteiger partial charge in [-0.25, -0.2) is 0 Å². The van der Waals surface area contributed by atoms with Crippen LogP contribution in [0.4, 0.5) is 0 Å². The number of carbonyl (C=O) groups excluding carboxylic acids is 1. The predicted octanol–water partition coefficient (Wildman–Crippen LogP) is 3.72. The molecule has 0 saturated heterocycles. The van der Waals surface area contributed by atoms with Crippen molar-refractivity contribution in [2.75, 3.05) is 0 Å². The highest BCUT2D eigenvalue weighted by molar-refractivity contribution is 14.1. The second-order valence-electron chi connectivity index (χ2n) is 4.43. The van der Waals surface area contributed by atoms with Gasteiger partial charge in [0.2, 0.25) is 0 Å². The molecule has 1 aliphatic carbocycles. The monoisotopic (exact) mass is 292 g/mol. The van der Waals surface area contributed by atoms with E-state index >= 15 is 0 Å². The van der Waals surface area contributed by atoms with Crippen LogP contribution in [0.5, 0.6) is 0 Å². The Morgan fingerprint density at radius 3 is 2.69 bits per heavy atom. The predicted molar refractivity (Wildman–Crippen MR) is 63.9 cm³/mol. The standard InChI is InChI=1S/C11H17IO/c1-4-11(2,3)8-5-6-10(13)9(12)7-8/h7-8H,4-6H2,1-3H3. The second-order valence-corrected chi connectivity index (χ2v) is 5.59. The number of hydrogen-bond donors (Lipinski definition) is 0. The number of carbonyl (C=O) groups is 1. The summed E-state index contributed by atoms with van der Waals surface area (Å²) in [4.78, 5) is 11.3. The highest BCUT2D eigenvalue weighted by Gasteiger charge is 2.30. The van der Waals surface area contributed by atoms with Crippen LogP contribution in [-0.2, 0) is 4.79 Å². The summed E-state index contributed by atoms with van der Waals surface area (Å²) in [5, 5.41) is 0. The second kappa shape index (κ2) is 4.11. The molecule has 0 saturated carbocycles. The highest BCUT2D eigenvalue weighted by Crippen LogP contribution is 2.39. The van der Waals surface area contributed by atoms with E-state index < -0.39 is 0 Å². The smallest absolute Gasteiger partial charge is 0.168 e. The average Bonchev–Trinajstić information content (AvgIpc) is 2.09. The number of rotatable bonds is 2. The van der Waals surface area contributed by atoms with Crippen LogP contribution < -0.4 is 0 Å². The van der Waals surface area contributed by atoms with Gasteiger partial charge < -0.3 is 0 Å². The lowest BCUT2D eigenvalue weighted by molar-refractivity contribution is -0.115. The third-order valence-electron chi connectivity index (χ3n) is 3.21. The van der Waals surface area contributed by atoms with Gasteiger partial charge >= 0.3 is 0 Å². The molecular weight excluding hydrogens is 275 g/mol. The molecule has 0 amide bonds. The lowest BCUT2D eigenvalue weighted by atomic mass is 9.72. The summed E-state index contributed by atoms with van der Waals surface area (Å²) in [6.45, 7) is 6.79. The summed E-state index contributed by atoms with van der Waals surface area (Å²) in [6.07, 6.45) is 5.11. The molecule has 1 unspecified atom stereocenters. The summed E-state index contributed by atoms with van der Waals surface area (Å²) in [7, 11) is 0. The maximum atomic E-state index is 11.3. The minimum absolute atomic E-state index is 0.323. The molecule has 0 spiro atoms. The van der Waals surface area contributed by atoms with E-state index in [0.717, 1.165) is 16.4 Å². The number of halogens is 1. The number of allylic oxidation sites excluding steroid dienone is 2. The molecule has 74 valence electrons. The Bertz CT molecular complexity index is 240. The summed E-state index contributed by atoms with van der Waals surface area (Å²) < 4.78 is 0.940. The van der Waals surface area contributed by atoms with Gasteiger partial charge in [-0.2, -0.15) is 0 Å². The normalized spacial score (nSPS) is 24.5. The Kier molecular flexibility index (Phi) is 3.55. The largest absolute Gasteiger partial charge is 0.294 e. The fourth-order valence-corrected chi connectivity index (χ4v) is 2.34. The van der Waals surface area contributed by atoms with Gasteiger partial charge in [-0.15, -0.1) is 0 Å². The molecule has 1 nitrogen and oxygen atoms in total. The third kappa shape index (κ3) is 2.55. The van der Waals surface area contributed by atoms with Crippen molar-refractivity contribution in [1.82, 2.24) is 0 Å². The van der Waals surface area contributed by atoms with Crippen molar-refractivity contribution in [2.24, 2.45) is 11.3 Å². The van der Waals surface area contributed by atoms with E-state index in [-0.39, 0.29) is 0 Å². The topological polar surface area (TPSA) is 17.1 Å². The van der Waals surface area contributed by atoms with E-state index in [9.17, 15) is 4.79 Å². The SMILES string of the molecule is CCC(C)(C)C1C=C(I)C(=O)CC1. The van der Waals surface area contributed by atoms with E-state index in [4.69, 9.17) is 0 Å². The summed E-state index contributed by atoms with van der Waals surface area (Å²) in [5.41, 5.74) is 0.344. The maximum Gasteiger partial charge on any atom is 0.168 e. The van der Waals surface area contributed by atoms with E-state index in [1.165, 1.54) is 6.42 Å². The molecule has 1 atom stereocenters. The molecule has 0 radical (unpaired) electrons. The van der Waals surface area contributed by atoms with Crippen LogP contribution >= 0.6 is 22.6 Å². The molecule has 1 rings (SSSR count). The van der Waals surface area contributed by atoms with Crippen LogP contribution in [0.2, 0.25) is 0 Å². The molecule has 13 heavy (non-hydrogen) atoms. The molecule has 0 aromatic carbocycles. The van der Waals surface area contributed by atoms with Crippen LogP contribution in [0, 0.1) is 11.3 Å². The van der Waals surface area contributed by atoms with Crippen LogP contribution in [-0.4, -0.2) is 5.78 Å². The lowest BCUT2D eigenvalue weighted by Crippen LogP contribution is -2.25. The van der Waals surface area contributed by atoms with Crippen molar-refractivity contribution in [3.05, 3.63) is 9.66 Å². The van der Waals surface area contributed by atoms with Crippen molar-refractivity contribution < 1.29 is 4.79 Å². The fourth-order valence-electron chi connectivity index (χ4n) is 1.64. The van der Waals surface area contributed by atoms with E-state index in [0.29, 0.717) is 17.1 Å². The zero-order valence-corrected chi connectivity index (χ0v) is 10.7. The number of Topliss-reactive ketones (excluding diaryl/α,β-unsaturated/α-hetero) is 1. The molecule has 0 aromatic heterocycles. The summed E-state index contributed by atoms with van der Waals surface area (Å²) in [5.74, 6) is 0.908. The van der Waals surface area contributed by atoms with Gasteiger partial charge in [0.05, 0.1) is 3.58 Å². The van der Waals surface area contributed by atoms with Gasteiger partial charge in [0.15, 0.2) is 5.78 Å². The first-order chi connectivity index (χ1) is 5.97. The van der Waals surface area contributed by atoms with Crippen LogP contribution in [0.1, 0.15) is 40.0 Å². The van der Waals surface area contributed by atoms with Crippen molar-refractivity contribution >= 4 is 28.4 Å². The molecule has 2 heteroatoms. The zero-order chi connectivity index (χ0) is 10.1. The minimum Gasteiger partial charge on any atom is -0.294 e. The lowest BCUT2D eigenvalue weighted by Gasteiger charge is -2.33. The van der Waals surface area contributed by atoms with Crippen molar-refractivity contribution in [2.45, 2.75) is 40.0 Å².